The molecule has 2 rings (SSSR count). The van der Waals surface area contributed by atoms with Crippen molar-refractivity contribution in [1.82, 2.24) is 9.97 Å². The Bertz CT molecular complexity index is 2450. The minimum Gasteiger partial charge on any atom is -0.462 e. The van der Waals surface area contributed by atoms with E-state index in [-0.39, 0.29) is 74.3 Å². The average Bonchev–Trinajstić information content (AvgIpc) is 0.707. The fourth-order valence-electron chi connectivity index (χ4n) is 7.97. The number of halogens is 34. The second kappa shape index (κ2) is 29.0. The summed E-state index contributed by atoms with van der Waals surface area (Å²) in [5, 5.41) is 0. The summed E-state index contributed by atoms with van der Waals surface area (Å²) in [6, 6.07) is 5.06. The third kappa shape index (κ3) is 16.2. The molecule has 0 aliphatic carbocycles. The van der Waals surface area contributed by atoms with Crippen LogP contribution in [0.25, 0.3) is 11.4 Å². The van der Waals surface area contributed by atoms with Crippen molar-refractivity contribution in [3.63, 3.8) is 0 Å². The molecule has 522 valence electrons. The van der Waals surface area contributed by atoms with Gasteiger partial charge in [-0.25, -0.2) is 9.59 Å². The van der Waals surface area contributed by atoms with Gasteiger partial charge in [-0.2, -0.15) is 149 Å². The lowest BCUT2D eigenvalue weighted by Crippen LogP contribution is -2.74. The van der Waals surface area contributed by atoms with E-state index in [4.69, 9.17) is 9.47 Å². The van der Waals surface area contributed by atoms with Gasteiger partial charge in [0.2, 0.25) is 0 Å². The van der Waals surface area contributed by atoms with Gasteiger partial charge < -0.3 is 9.47 Å². The molecule has 0 fully saturated rings. The highest BCUT2D eigenvalue weighted by molar-refractivity contribution is 5.92. The van der Waals surface area contributed by atoms with Crippen molar-refractivity contribution in [2.24, 2.45) is 0 Å². The first kappa shape index (κ1) is 81.0. The van der Waals surface area contributed by atoms with E-state index >= 15 is 0 Å². The molecule has 0 spiro atoms. The van der Waals surface area contributed by atoms with Crippen LogP contribution in [0.1, 0.15) is 149 Å². The van der Waals surface area contributed by atoms with E-state index < -0.39 is 146 Å². The highest BCUT2D eigenvalue weighted by Gasteiger charge is 2.97. The summed E-state index contributed by atoms with van der Waals surface area (Å²) in [5.41, 5.74) is 0.133. The van der Waals surface area contributed by atoms with Gasteiger partial charge in [0.15, 0.2) is 0 Å². The normalized spacial score (nSPS) is 14.7. The lowest BCUT2D eigenvalue weighted by Gasteiger charge is -2.42. The fraction of sp³-hybridized carbons (Fsp3) is 0.760. The van der Waals surface area contributed by atoms with E-state index in [1.807, 2.05) is 0 Å². The monoisotopic (exact) mass is 1390 g/mol. The number of hydrogen-bond donors (Lipinski definition) is 0. The third-order valence-electron chi connectivity index (χ3n) is 13.6. The van der Waals surface area contributed by atoms with Gasteiger partial charge in [-0.05, 0) is 49.9 Å². The number of esters is 2. The molecule has 6 nitrogen and oxygen atoms in total. The van der Waals surface area contributed by atoms with Crippen LogP contribution in [0.15, 0.2) is 36.7 Å². The SMILES string of the molecule is O=C(OCCCCCCCCCCCC(F)(F)C(F)(F)C(F)(F)C(F)(F)C(F)(F)C(F)(F)C(F)(F)C(F)(F)F)c1ccnc(-c2cc(C(=O)OCCCCCCCCCCCC(F)(F)C(F)(F)C(F)(F)C(F)(F)C(F)(F)C(F)(F)C(F)(F)C(F)(F)F)ccn2)c1. The van der Waals surface area contributed by atoms with Gasteiger partial charge in [-0.1, -0.05) is 89.9 Å². The second-order valence-corrected chi connectivity index (χ2v) is 20.3. The Balaban J connectivity index is 1.73. The molecule has 0 saturated carbocycles. The number of pyridine rings is 2. The molecule has 2 heterocycles. The standard InChI is InChI=1S/C50H50F34N2O4/c51-35(52,37(55,56)39(59,60)41(63,64)43(67,68)45(71,72)47(75,76)49(79,80)81)21-15-11-7-3-1-5-9-13-17-25-89-33(87)29-19-23-85-31(27-29)32-28-30(20-24-86-32)34(88)90-26-18-14-10-6-2-4-8-12-16-22-36(53,54)38(57,58)40(61,62)42(65,66)44(69,70)46(73,74)48(77,78)50(82,83)84/h19-20,23-24,27-28H,1-18,21-22,25-26H2. The van der Waals surface area contributed by atoms with Crippen LogP contribution in [0.3, 0.4) is 0 Å². The first-order valence-electron chi connectivity index (χ1n) is 26.1. The molecule has 2 aromatic rings. The van der Waals surface area contributed by atoms with Crippen molar-refractivity contribution >= 4 is 11.9 Å². The number of alkyl halides is 34. The van der Waals surface area contributed by atoms with Crippen LogP contribution >= 0.6 is 0 Å². The van der Waals surface area contributed by atoms with Crippen molar-refractivity contribution in [3.8, 4) is 11.4 Å². The van der Waals surface area contributed by atoms with E-state index in [0.717, 1.165) is 0 Å². The predicted molar refractivity (Wildman–Crippen MR) is 242 cm³/mol. The largest absolute Gasteiger partial charge is 0.462 e. The van der Waals surface area contributed by atoms with Crippen molar-refractivity contribution in [2.45, 2.75) is 224 Å². The van der Waals surface area contributed by atoms with Crippen molar-refractivity contribution in [1.29, 1.82) is 0 Å². The summed E-state index contributed by atoms with van der Waals surface area (Å²) in [6.45, 7) is -0.261. The Hall–Kier alpha value is -5.14. The summed E-state index contributed by atoms with van der Waals surface area (Å²) in [7, 11) is 0. The van der Waals surface area contributed by atoms with Crippen LogP contribution in [0.2, 0.25) is 0 Å². The number of nitrogens with zero attached hydrogens (tertiary/aromatic N) is 2. The summed E-state index contributed by atoms with van der Waals surface area (Å²) in [6.07, 6.45) is -18.0. The minimum absolute atomic E-state index is 0.0195. The number of hydrogen-bond acceptors (Lipinski definition) is 6. The van der Waals surface area contributed by atoms with E-state index in [9.17, 15) is 159 Å². The zero-order valence-corrected chi connectivity index (χ0v) is 45.4. The smallest absolute Gasteiger partial charge is 0.460 e. The molecule has 0 aliphatic heterocycles. The molecular weight excluding hydrogens is 1340 g/mol. The molecule has 0 amide bonds. The summed E-state index contributed by atoms with van der Waals surface area (Å²) in [4.78, 5) is 33.6. The highest BCUT2D eigenvalue weighted by Crippen LogP contribution is 2.66. The number of carbonyl (C=O) groups is 2. The molecule has 0 radical (unpaired) electrons. The Morgan fingerprint density at radius 1 is 0.278 bits per heavy atom. The number of carbonyl (C=O) groups excluding carboxylic acids is 2. The molecule has 0 N–H and O–H groups in total. The molecular formula is C50H50F34N2O4. The van der Waals surface area contributed by atoms with Gasteiger partial charge >= 0.3 is 107 Å². The third-order valence-corrected chi connectivity index (χ3v) is 13.6. The van der Waals surface area contributed by atoms with Crippen LogP contribution in [-0.4, -0.2) is 130 Å². The van der Waals surface area contributed by atoms with Gasteiger partial charge in [0.25, 0.3) is 0 Å². The highest BCUT2D eigenvalue weighted by atomic mass is 19.4. The summed E-state index contributed by atoms with van der Waals surface area (Å²) < 4.78 is 468. The van der Waals surface area contributed by atoms with Crippen molar-refractivity contribution < 1.29 is 168 Å². The Labute approximate surface area is 486 Å². The Morgan fingerprint density at radius 2 is 0.478 bits per heavy atom. The maximum absolute atomic E-state index is 14.1. The van der Waals surface area contributed by atoms with Gasteiger partial charge in [0.1, 0.15) is 0 Å². The lowest BCUT2D eigenvalue weighted by atomic mass is 9.87. The van der Waals surface area contributed by atoms with E-state index in [2.05, 4.69) is 9.97 Å². The molecule has 0 bridgehead atoms. The Morgan fingerprint density at radius 3 is 0.711 bits per heavy atom. The zero-order chi connectivity index (χ0) is 70.1. The van der Waals surface area contributed by atoms with E-state index in [1.54, 1.807) is 0 Å². The van der Waals surface area contributed by atoms with Crippen LogP contribution in [0.4, 0.5) is 149 Å². The topological polar surface area (TPSA) is 78.4 Å². The Kier molecular flexibility index (Phi) is 26.1. The van der Waals surface area contributed by atoms with Gasteiger partial charge in [-0.15, -0.1) is 0 Å². The molecule has 40 heteroatoms. The van der Waals surface area contributed by atoms with Crippen LogP contribution in [0.5, 0.6) is 0 Å². The molecule has 90 heavy (non-hydrogen) atoms. The van der Waals surface area contributed by atoms with Crippen LogP contribution < -0.4 is 0 Å². The molecule has 0 aliphatic rings. The first-order valence-corrected chi connectivity index (χ1v) is 26.1. The van der Waals surface area contributed by atoms with E-state index in [1.165, 1.54) is 36.7 Å². The average molecular weight is 1390 g/mol. The van der Waals surface area contributed by atoms with E-state index in [0.29, 0.717) is 51.4 Å². The number of aromatic nitrogens is 2. The molecule has 0 unspecified atom stereocenters. The second-order valence-electron chi connectivity index (χ2n) is 20.3. The lowest BCUT2D eigenvalue weighted by molar-refractivity contribution is -0.461. The number of rotatable bonds is 39. The van der Waals surface area contributed by atoms with Crippen LogP contribution in [-0.2, 0) is 9.47 Å². The van der Waals surface area contributed by atoms with Crippen molar-refractivity contribution in [2.75, 3.05) is 13.2 Å². The first-order chi connectivity index (χ1) is 40.4. The molecule has 0 aromatic carbocycles. The maximum atomic E-state index is 14.1. The van der Waals surface area contributed by atoms with Crippen molar-refractivity contribution in [3.05, 3.63) is 47.8 Å². The number of ether oxygens (including phenoxy) is 2. The fourth-order valence-corrected chi connectivity index (χ4v) is 7.97. The predicted octanol–water partition coefficient (Wildman–Crippen LogP) is 20.3. The molecule has 2 aromatic heterocycles. The molecule has 0 saturated heterocycles. The minimum atomic E-state index is -8.69. The van der Waals surface area contributed by atoms with Gasteiger partial charge in [0, 0.05) is 25.2 Å². The zero-order valence-electron chi connectivity index (χ0n) is 45.4. The summed E-state index contributed by atoms with van der Waals surface area (Å²) in [5.74, 6) is -115. The summed E-state index contributed by atoms with van der Waals surface area (Å²) >= 11 is 0. The number of unbranched alkanes of at least 4 members (excludes halogenated alkanes) is 16. The maximum Gasteiger partial charge on any atom is 0.460 e. The van der Waals surface area contributed by atoms with Crippen LogP contribution in [0, 0.1) is 0 Å². The quantitative estimate of drug-likeness (QED) is 0.0377. The van der Waals surface area contributed by atoms with Gasteiger partial charge in [-0.3, -0.25) is 9.97 Å². The van der Waals surface area contributed by atoms with Gasteiger partial charge in [0.05, 0.1) is 35.7 Å². The molecule has 0 atom stereocenters.